The molecule has 1 aromatic carbocycles. The molecule has 0 radical (unpaired) electrons. The molecule has 2 aliphatic rings. The van der Waals surface area contributed by atoms with Gasteiger partial charge in [0.05, 0.1) is 11.8 Å². The van der Waals surface area contributed by atoms with Crippen molar-refractivity contribution in [3.8, 4) is 0 Å². The van der Waals surface area contributed by atoms with Crippen LogP contribution >= 0.6 is 0 Å². The van der Waals surface area contributed by atoms with Crippen LogP contribution in [0.25, 0.3) is 0 Å². The summed E-state index contributed by atoms with van der Waals surface area (Å²) in [4.78, 5) is 17.8. The molecule has 1 aromatic heterocycles. The summed E-state index contributed by atoms with van der Waals surface area (Å²) in [6, 6.07) is 8.93. The minimum Gasteiger partial charge on any atom is -0.376 e. The van der Waals surface area contributed by atoms with Gasteiger partial charge in [0, 0.05) is 38.9 Å². The maximum absolute atomic E-state index is 14.0. The van der Waals surface area contributed by atoms with Gasteiger partial charge in [-0.05, 0) is 63.2 Å². The van der Waals surface area contributed by atoms with Crippen molar-refractivity contribution in [2.75, 3.05) is 32.8 Å². The number of benzene rings is 1. The maximum atomic E-state index is 14.0. The molecule has 3 heterocycles. The fourth-order valence-electron chi connectivity index (χ4n) is 4.84. The van der Waals surface area contributed by atoms with Gasteiger partial charge in [-0.2, -0.15) is 5.10 Å². The highest BCUT2D eigenvalue weighted by atomic mass is 19.1. The van der Waals surface area contributed by atoms with Crippen LogP contribution in [0.1, 0.15) is 54.4 Å². The third kappa shape index (κ3) is 5.56. The van der Waals surface area contributed by atoms with Crippen molar-refractivity contribution >= 4 is 5.91 Å². The number of hydrogen-bond donors (Lipinski definition) is 0. The number of aryl methyl sites for hydroxylation is 2. The summed E-state index contributed by atoms with van der Waals surface area (Å²) in [7, 11) is 1.85. The molecule has 32 heavy (non-hydrogen) atoms. The van der Waals surface area contributed by atoms with Gasteiger partial charge in [-0.3, -0.25) is 14.4 Å². The van der Waals surface area contributed by atoms with E-state index in [1.165, 1.54) is 6.07 Å². The van der Waals surface area contributed by atoms with Gasteiger partial charge in [-0.15, -0.1) is 0 Å². The quantitative estimate of drug-likeness (QED) is 0.626. The Labute approximate surface area is 190 Å². The second kappa shape index (κ2) is 10.6. The largest absolute Gasteiger partial charge is 0.376 e. The molecule has 0 spiro atoms. The van der Waals surface area contributed by atoms with Gasteiger partial charge in [-0.25, -0.2) is 4.39 Å². The number of carbonyl (C=O) groups excluding carboxylic acids is 1. The summed E-state index contributed by atoms with van der Waals surface area (Å²) in [5.74, 6) is 0.352. The van der Waals surface area contributed by atoms with Crippen molar-refractivity contribution in [1.29, 1.82) is 0 Å². The molecule has 7 heteroatoms. The van der Waals surface area contributed by atoms with Gasteiger partial charge in [0.2, 0.25) is 0 Å². The average Bonchev–Trinajstić information content (AvgIpc) is 3.45. The lowest BCUT2D eigenvalue weighted by Crippen LogP contribution is -2.44. The molecule has 0 N–H and O–H groups in total. The Balaban J connectivity index is 1.38. The minimum absolute atomic E-state index is 0.0454. The maximum Gasteiger partial charge on any atom is 0.272 e. The van der Waals surface area contributed by atoms with Crippen molar-refractivity contribution < 1.29 is 13.9 Å². The van der Waals surface area contributed by atoms with E-state index in [2.05, 4.69) is 16.9 Å². The van der Waals surface area contributed by atoms with E-state index in [1.54, 1.807) is 10.7 Å². The van der Waals surface area contributed by atoms with Gasteiger partial charge in [0.25, 0.3) is 5.91 Å². The van der Waals surface area contributed by atoms with Gasteiger partial charge in [-0.1, -0.05) is 25.1 Å². The summed E-state index contributed by atoms with van der Waals surface area (Å²) in [6.07, 6.45) is 5.03. The van der Waals surface area contributed by atoms with E-state index in [-0.39, 0.29) is 17.8 Å². The summed E-state index contributed by atoms with van der Waals surface area (Å²) in [5.41, 5.74) is 2.34. The van der Waals surface area contributed by atoms with Crippen LogP contribution in [0.2, 0.25) is 0 Å². The number of carbonyl (C=O) groups is 1. The van der Waals surface area contributed by atoms with Crippen molar-refractivity contribution in [3.05, 3.63) is 53.1 Å². The highest BCUT2D eigenvalue weighted by molar-refractivity contribution is 5.92. The topological polar surface area (TPSA) is 50.6 Å². The molecular formula is C25H35FN4O2. The Morgan fingerprint density at radius 1 is 1.22 bits per heavy atom. The first-order chi connectivity index (χ1) is 15.5. The van der Waals surface area contributed by atoms with Gasteiger partial charge >= 0.3 is 0 Å². The lowest BCUT2D eigenvalue weighted by atomic mass is 9.95. The van der Waals surface area contributed by atoms with Crippen LogP contribution in [0.15, 0.2) is 30.3 Å². The zero-order valence-corrected chi connectivity index (χ0v) is 19.3. The van der Waals surface area contributed by atoms with Gasteiger partial charge in [0.1, 0.15) is 11.5 Å². The van der Waals surface area contributed by atoms with E-state index in [4.69, 9.17) is 4.74 Å². The van der Waals surface area contributed by atoms with Crippen molar-refractivity contribution in [1.82, 2.24) is 19.6 Å². The molecule has 1 amide bonds. The molecule has 2 aromatic rings. The van der Waals surface area contributed by atoms with E-state index in [9.17, 15) is 9.18 Å². The first-order valence-electron chi connectivity index (χ1n) is 11.9. The van der Waals surface area contributed by atoms with Crippen molar-refractivity contribution in [2.24, 2.45) is 13.0 Å². The molecule has 1 atom stereocenters. The SMILES string of the molecule is CCc1cc(C(=O)N(CC2CCN(Cc3ccccc3F)CC2)C[C@@H]2CCCO2)n(C)n1. The Hall–Kier alpha value is -2.25. The number of rotatable bonds is 8. The molecule has 2 aliphatic heterocycles. The van der Waals surface area contributed by atoms with E-state index < -0.39 is 0 Å². The molecule has 2 saturated heterocycles. The summed E-state index contributed by atoms with van der Waals surface area (Å²) in [6.45, 7) is 6.70. The van der Waals surface area contributed by atoms with Crippen LogP contribution in [0.4, 0.5) is 4.39 Å². The normalized spacial score (nSPS) is 20.0. The lowest BCUT2D eigenvalue weighted by molar-refractivity contribution is 0.0436. The molecule has 6 nitrogen and oxygen atoms in total. The third-order valence-electron chi connectivity index (χ3n) is 6.78. The summed E-state index contributed by atoms with van der Waals surface area (Å²) >= 11 is 0. The Morgan fingerprint density at radius 2 is 2.00 bits per heavy atom. The van der Waals surface area contributed by atoms with Gasteiger partial charge < -0.3 is 9.64 Å². The third-order valence-corrected chi connectivity index (χ3v) is 6.78. The van der Waals surface area contributed by atoms with Crippen molar-refractivity contribution in [2.45, 2.75) is 51.7 Å². The second-order valence-electron chi connectivity index (χ2n) is 9.15. The molecular weight excluding hydrogens is 407 g/mol. The highest BCUT2D eigenvalue weighted by Gasteiger charge is 2.29. The highest BCUT2D eigenvalue weighted by Crippen LogP contribution is 2.23. The summed E-state index contributed by atoms with van der Waals surface area (Å²) in [5, 5.41) is 4.47. The molecule has 2 fully saturated rings. The number of likely N-dealkylation sites (tertiary alicyclic amines) is 1. The number of nitrogens with zero attached hydrogens (tertiary/aromatic N) is 4. The molecule has 0 aliphatic carbocycles. The monoisotopic (exact) mass is 442 g/mol. The number of halogens is 1. The second-order valence-corrected chi connectivity index (χ2v) is 9.15. The van der Waals surface area contributed by atoms with E-state index >= 15 is 0 Å². The Bertz CT molecular complexity index is 901. The molecule has 4 rings (SSSR count). The van der Waals surface area contributed by atoms with Crippen LogP contribution in [-0.2, 0) is 24.8 Å². The number of amides is 1. The number of ether oxygens (including phenoxy) is 1. The smallest absolute Gasteiger partial charge is 0.272 e. The average molecular weight is 443 g/mol. The predicted octanol–water partition coefficient (Wildman–Crippen LogP) is 3.66. The Kier molecular flexibility index (Phi) is 7.58. The first-order valence-corrected chi connectivity index (χ1v) is 11.9. The molecule has 0 bridgehead atoms. The van der Waals surface area contributed by atoms with Crippen LogP contribution in [0.5, 0.6) is 0 Å². The fraction of sp³-hybridized carbons (Fsp3) is 0.600. The molecule has 0 saturated carbocycles. The molecule has 174 valence electrons. The first kappa shape index (κ1) is 22.9. The van der Waals surface area contributed by atoms with Crippen molar-refractivity contribution in [3.63, 3.8) is 0 Å². The zero-order valence-electron chi connectivity index (χ0n) is 19.3. The lowest BCUT2D eigenvalue weighted by Gasteiger charge is -2.35. The number of hydrogen-bond acceptors (Lipinski definition) is 4. The van der Waals surface area contributed by atoms with Crippen LogP contribution < -0.4 is 0 Å². The van der Waals surface area contributed by atoms with Crippen LogP contribution in [0.3, 0.4) is 0 Å². The standard InChI is InChI=1S/C25H35FN4O2/c1-3-21-15-24(28(2)27-21)25(31)30(18-22-8-6-14-32-22)16-19-10-12-29(13-11-19)17-20-7-4-5-9-23(20)26/h4-5,7,9,15,19,22H,3,6,8,10-14,16-18H2,1-2H3/t22-/m0/s1. The fourth-order valence-corrected chi connectivity index (χ4v) is 4.84. The van der Waals surface area contributed by atoms with E-state index in [0.717, 1.165) is 69.6 Å². The van der Waals surface area contributed by atoms with Gasteiger partial charge in [0.15, 0.2) is 0 Å². The summed E-state index contributed by atoms with van der Waals surface area (Å²) < 4.78 is 21.6. The van der Waals surface area contributed by atoms with Crippen LogP contribution in [-0.4, -0.2) is 64.4 Å². The number of piperidine rings is 1. The van der Waals surface area contributed by atoms with E-state index in [1.807, 2.05) is 30.1 Å². The molecule has 0 unspecified atom stereocenters. The zero-order chi connectivity index (χ0) is 22.5. The number of aromatic nitrogens is 2. The predicted molar refractivity (Wildman–Crippen MR) is 122 cm³/mol. The van der Waals surface area contributed by atoms with E-state index in [0.29, 0.717) is 24.7 Å². The minimum atomic E-state index is -0.134. The Morgan fingerprint density at radius 3 is 2.66 bits per heavy atom. The van der Waals surface area contributed by atoms with Crippen LogP contribution in [0, 0.1) is 11.7 Å².